The third kappa shape index (κ3) is 4.67. The summed E-state index contributed by atoms with van der Waals surface area (Å²) in [5.74, 6) is 0.731. The Bertz CT molecular complexity index is 250. The molecule has 1 aromatic heterocycles. The summed E-state index contributed by atoms with van der Waals surface area (Å²) in [6, 6.07) is 4.73. The third-order valence-corrected chi connectivity index (χ3v) is 4.16. The molecule has 2 N–H and O–H groups in total. The van der Waals surface area contributed by atoms with Gasteiger partial charge in [0.05, 0.1) is 0 Å². The van der Waals surface area contributed by atoms with E-state index in [1.807, 2.05) is 11.3 Å². The standard InChI is InChI=1S/C14H25NS/c1-3-6-12(7-4-2)14(15)10-9-13-8-5-11-16-13/h5,8,11-12,14H,3-4,6-7,9-10,15H2,1-2H3. The molecule has 1 nitrogen and oxygen atoms in total. The summed E-state index contributed by atoms with van der Waals surface area (Å²) in [5.41, 5.74) is 6.31. The average Bonchev–Trinajstić information content (AvgIpc) is 2.78. The van der Waals surface area contributed by atoms with Crippen molar-refractivity contribution in [2.45, 2.75) is 58.4 Å². The largest absolute Gasteiger partial charge is 0.327 e. The lowest BCUT2D eigenvalue weighted by molar-refractivity contribution is 0.348. The van der Waals surface area contributed by atoms with Gasteiger partial charge in [-0.15, -0.1) is 11.3 Å². The van der Waals surface area contributed by atoms with E-state index in [-0.39, 0.29) is 0 Å². The van der Waals surface area contributed by atoms with Gasteiger partial charge < -0.3 is 5.73 Å². The molecule has 2 heteroatoms. The van der Waals surface area contributed by atoms with Crippen LogP contribution in [0.25, 0.3) is 0 Å². The zero-order valence-corrected chi connectivity index (χ0v) is 11.4. The molecular formula is C14H25NS. The highest BCUT2D eigenvalue weighted by Gasteiger charge is 2.15. The number of nitrogens with two attached hydrogens (primary N) is 1. The number of hydrogen-bond donors (Lipinski definition) is 1. The van der Waals surface area contributed by atoms with Crippen LogP contribution in [0.15, 0.2) is 17.5 Å². The van der Waals surface area contributed by atoms with Crippen LogP contribution < -0.4 is 5.73 Å². The van der Waals surface area contributed by atoms with E-state index in [0.717, 1.165) is 18.8 Å². The first kappa shape index (κ1) is 13.7. The first-order valence-corrected chi connectivity index (χ1v) is 7.43. The van der Waals surface area contributed by atoms with Crippen molar-refractivity contribution in [2.75, 3.05) is 0 Å². The molecule has 0 spiro atoms. The zero-order valence-electron chi connectivity index (χ0n) is 10.6. The molecule has 1 rings (SSSR count). The van der Waals surface area contributed by atoms with Crippen molar-refractivity contribution in [3.05, 3.63) is 22.4 Å². The second-order valence-corrected chi connectivity index (χ2v) is 5.65. The smallest absolute Gasteiger partial charge is 0.00706 e. The molecule has 0 saturated heterocycles. The van der Waals surface area contributed by atoms with E-state index >= 15 is 0 Å². The Hall–Kier alpha value is -0.340. The van der Waals surface area contributed by atoms with Crippen LogP contribution in [0, 0.1) is 5.92 Å². The maximum atomic E-state index is 6.31. The van der Waals surface area contributed by atoms with E-state index in [4.69, 9.17) is 5.73 Å². The molecule has 92 valence electrons. The Morgan fingerprint density at radius 2 is 1.88 bits per heavy atom. The summed E-state index contributed by atoms with van der Waals surface area (Å²) in [6.07, 6.45) is 7.40. The molecule has 16 heavy (non-hydrogen) atoms. The highest BCUT2D eigenvalue weighted by Crippen LogP contribution is 2.21. The van der Waals surface area contributed by atoms with Crippen molar-refractivity contribution in [1.82, 2.24) is 0 Å². The molecule has 0 fully saturated rings. The van der Waals surface area contributed by atoms with Crippen LogP contribution in [0.4, 0.5) is 0 Å². The molecule has 1 unspecified atom stereocenters. The molecule has 0 radical (unpaired) electrons. The van der Waals surface area contributed by atoms with Gasteiger partial charge in [-0.2, -0.15) is 0 Å². The van der Waals surface area contributed by atoms with Crippen molar-refractivity contribution >= 4 is 11.3 Å². The predicted molar refractivity (Wildman–Crippen MR) is 73.9 cm³/mol. The topological polar surface area (TPSA) is 26.0 Å². The molecule has 0 aliphatic heterocycles. The van der Waals surface area contributed by atoms with Crippen LogP contribution in [0.1, 0.15) is 50.8 Å². The third-order valence-electron chi connectivity index (χ3n) is 3.23. The van der Waals surface area contributed by atoms with Gasteiger partial charge in [0.1, 0.15) is 0 Å². The minimum atomic E-state index is 0.391. The first-order chi connectivity index (χ1) is 7.77. The average molecular weight is 239 g/mol. The quantitative estimate of drug-likeness (QED) is 0.722. The lowest BCUT2D eigenvalue weighted by atomic mass is 9.88. The van der Waals surface area contributed by atoms with Gasteiger partial charge in [-0.05, 0) is 43.0 Å². The fraction of sp³-hybridized carbons (Fsp3) is 0.714. The van der Waals surface area contributed by atoms with E-state index in [0.29, 0.717) is 6.04 Å². The van der Waals surface area contributed by atoms with Gasteiger partial charge in [0.25, 0.3) is 0 Å². The van der Waals surface area contributed by atoms with Crippen molar-refractivity contribution in [1.29, 1.82) is 0 Å². The molecular weight excluding hydrogens is 214 g/mol. The monoisotopic (exact) mass is 239 g/mol. The highest BCUT2D eigenvalue weighted by atomic mass is 32.1. The minimum absolute atomic E-state index is 0.391. The van der Waals surface area contributed by atoms with E-state index in [1.54, 1.807) is 0 Å². The first-order valence-electron chi connectivity index (χ1n) is 6.55. The molecule has 1 atom stereocenters. The van der Waals surface area contributed by atoms with Gasteiger partial charge in [0.15, 0.2) is 0 Å². The van der Waals surface area contributed by atoms with Gasteiger partial charge >= 0.3 is 0 Å². The summed E-state index contributed by atoms with van der Waals surface area (Å²) < 4.78 is 0. The van der Waals surface area contributed by atoms with Gasteiger partial charge in [-0.1, -0.05) is 32.8 Å². The SMILES string of the molecule is CCCC(CCC)C(N)CCc1cccs1. The normalized spacial score (nSPS) is 13.2. The summed E-state index contributed by atoms with van der Waals surface area (Å²) >= 11 is 1.85. The fourth-order valence-corrected chi connectivity index (χ4v) is 3.04. The van der Waals surface area contributed by atoms with Gasteiger partial charge in [-0.25, -0.2) is 0 Å². The molecule has 1 heterocycles. The van der Waals surface area contributed by atoms with Crippen LogP contribution >= 0.6 is 11.3 Å². The van der Waals surface area contributed by atoms with Crippen LogP contribution in [-0.2, 0) is 6.42 Å². The van der Waals surface area contributed by atoms with Crippen LogP contribution in [0.5, 0.6) is 0 Å². The minimum Gasteiger partial charge on any atom is -0.327 e. The number of rotatable bonds is 8. The number of aryl methyl sites for hydroxylation is 1. The predicted octanol–water partition coefficient (Wildman–Crippen LogP) is 4.22. The zero-order chi connectivity index (χ0) is 11.8. The summed E-state index contributed by atoms with van der Waals surface area (Å²) in [4.78, 5) is 1.47. The van der Waals surface area contributed by atoms with Crippen LogP contribution in [-0.4, -0.2) is 6.04 Å². The molecule has 0 aliphatic rings. The maximum Gasteiger partial charge on any atom is 0.00706 e. The van der Waals surface area contributed by atoms with Crippen molar-refractivity contribution < 1.29 is 0 Å². The molecule has 0 aromatic carbocycles. The Morgan fingerprint density at radius 3 is 2.38 bits per heavy atom. The van der Waals surface area contributed by atoms with E-state index < -0.39 is 0 Å². The molecule has 0 amide bonds. The van der Waals surface area contributed by atoms with Crippen LogP contribution in [0.3, 0.4) is 0 Å². The number of hydrogen-bond acceptors (Lipinski definition) is 2. The molecule has 0 bridgehead atoms. The summed E-state index contributed by atoms with van der Waals surface area (Å²) in [7, 11) is 0. The molecule has 0 saturated carbocycles. The van der Waals surface area contributed by atoms with E-state index in [9.17, 15) is 0 Å². The fourth-order valence-electron chi connectivity index (χ4n) is 2.31. The molecule has 1 aromatic rings. The van der Waals surface area contributed by atoms with Gasteiger partial charge in [0.2, 0.25) is 0 Å². The van der Waals surface area contributed by atoms with Crippen molar-refractivity contribution in [3.63, 3.8) is 0 Å². The Labute approximate surface area is 104 Å². The van der Waals surface area contributed by atoms with Crippen molar-refractivity contribution in [3.8, 4) is 0 Å². The lowest BCUT2D eigenvalue weighted by Gasteiger charge is -2.22. The van der Waals surface area contributed by atoms with E-state index in [1.165, 1.54) is 30.6 Å². The number of thiophene rings is 1. The second-order valence-electron chi connectivity index (χ2n) is 4.62. The van der Waals surface area contributed by atoms with Gasteiger partial charge in [0, 0.05) is 10.9 Å². The summed E-state index contributed by atoms with van der Waals surface area (Å²) in [5, 5.41) is 2.15. The van der Waals surface area contributed by atoms with Crippen LogP contribution in [0.2, 0.25) is 0 Å². The van der Waals surface area contributed by atoms with Crippen molar-refractivity contribution in [2.24, 2.45) is 11.7 Å². The van der Waals surface area contributed by atoms with Gasteiger partial charge in [-0.3, -0.25) is 0 Å². The maximum absolute atomic E-state index is 6.31. The highest BCUT2D eigenvalue weighted by molar-refractivity contribution is 7.09. The lowest BCUT2D eigenvalue weighted by Crippen LogP contribution is -2.30. The Balaban J connectivity index is 2.33. The van der Waals surface area contributed by atoms with E-state index in [2.05, 4.69) is 31.4 Å². The summed E-state index contributed by atoms with van der Waals surface area (Å²) in [6.45, 7) is 4.52. The Kier molecular flexibility index (Phi) is 6.74. The Morgan fingerprint density at radius 1 is 1.19 bits per heavy atom. The second kappa shape index (κ2) is 7.86. The molecule has 0 aliphatic carbocycles.